The lowest BCUT2D eigenvalue weighted by atomic mass is 10.1. The van der Waals surface area contributed by atoms with E-state index in [0.717, 1.165) is 19.4 Å². The maximum atomic E-state index is 13.3. The van der Waals surface area contributed by atoms with Crippen LogP contribution in [0.15, 0.2) is 24.3 Å². The molecule has 0 aliphatic carbocycles. The Morgan fingerprint density at radius 3 is 2.90 bits per heavy atom. The largest absolute Gasteiger partial charge is 0.337 e. The molecule has 0 aromatic heterocycles. The van der Waals surface area contributed by atoms with Crippen molar-refractivity contribution in [3.8, 4) is 0 Å². The Morgan fingerprint density at radius 2 is 2.30 bits per heavy atom. The molecule has 110 valence electrons. The van der Waals surface area contributed by atoms with Gasteiger partial charge in [-0.25, -0.2) is 4.39 Å². The summed E-state index contributed by atoms with van der Waals surface area (Å²) in [6, 6.07) is 6.32. The van der Waals surface area contributed by atoms with Crippen LogP contribution >= 0.6 is 0 Å². The quantitative estimate of drug-likeness (QED) is 0.898. The van der Waals surface area contributed by atoms with E-state index in [1.54, 1.807) is 12.1 Å². The molecule has 0 spiro atoms. The molecule has 1 atom stereocenters. The summed E-state index contributed by atoms with van der Waals surface area (Å²) in [6.45, 7) is 6.61. The van der Waals surface area contributed by atoms with Gasteiger partial charge in [-0.2, -0.15) is 0 Å². The first-order valence-electron chi connectivity index (χ1n) is 7.34. The van der Waals surface area contributed by atoms with Crippen molar-refractivity contribution < 1.29 is 9.18 Å². The second-order valence-electron chi connectivity index (χ2n) is 5.91. The van der Waals surface area contributed by atoms with E-state index in [1.165, 1.54) is 12.1 Å². The maximum absolute atomic E-state index is 13.3. The highest BCUT2D eigenvalue weighted by molar-refractivity contribution is 5.94. The molecule has 4 heteroatoms. The lowest BCUT2D eigenvalue weighted by molar-refractivity contribution is 0.0721. The summed E-state index contributed by atoms with van der Waals surface area (Å²) in [6.07, 6.45) is 2.26. The normalized spacial score (nSPS) is 18.5. The van der Waals surface area contributed by atoms with Crippen molar-refractivity contribution in [2.24, 2.45) is 5.92 Å². The van der Waals surface area contributed by atoms with Gasteiger partial charge < -0.3 is 10.2 Å². The fourth-order valence-electron chi connectivity index (χ4n) is 2.66. The third kappa shape index (κ3) is 4.04. The molecule has 0 bridgehead atoms. The van der Waals surface area contributed by atoms with Gasteiger partial charge in [-0.3, -0.25) is 4.79 Å². The Hall–Kier alpha value is -1.42. The highest BCUT2D eigenvalue weighted by Crippen LogP contribution is 2.13. The van der Waals surface area contributed by atoms with Gasteiger partial charge in [-0.1, -0.05) is 19.9 Å². The first kappa shape index (κ1) is 15.0. The molecule has 1 fully saturated rings. The highest BCUT2D eigenvalue weighted by Gasteiger charge is 2.23. The van der Waals surface area contributed by atoms with E-state index in [-0.39, 0.29) is 11.7 Å². The van der Waals surface area contributed by atoms with Crippen molar-refractivity contribution in [2.75, 3.05) is 19.6 Å². The molecule has 20 heavy (non-hydrogen) atoms. The minimum Gasteiger partial charge on any atom is -0.337 e. The zero-order valence-electron chi connectivity index (χ0n) is 12.2. The smallest absolute Gasteiger partial charge is 0.254 e. The molecule has 0 saturated carbocycles. The first-order valence-corrected chi connectivity index (χ1v) is 7.34. The maximum Gasteiger partial charge on any atom is 0.254 e. The van der Waals surface area contributed by atoms with Gasteiger partial charge in [-0.15, -0.1) is 0 Å². The topological polar surface area (TPSA) is 32.3 Å². The number of amides is 1. The van der Waals surface area contributed by atoms with Crippen molar-refractivity contribution >= 4 is 5.91 Å². The standard InChI is InChI=1S/C16H23FN2O/c1-12(2)10-19(11-15-7-4-8-18-15)16(20)13-5-3-6-14(17)9-13/h3,5-6,9,12,15,18H,4,7-8,10-11H2,1-2H3. The number of benzene rings is 1. The number of carbonyl (C=O) groups is 1. The minimum absolute atomic E-state index is 0.0769. The van der Waals surface area contributed by atoms with Crippen LogP contribution in [-0.2, 0) is 0 Å². The van der Waals surface area contributed by atoms with Crippen molar-refractivity contribution in [3.63, 3.8) is 0 Å². The summed E-state index contributed by atoms with van der Waals surface area (Å²) in [4.78, 5) is 14.4. The van der Waals surface area contributed by atoms with Crippen LogP contribution < -0.4 is 5.32 Å². The Kier molecular flexibility index (Phi) is 5.12. The fraction of sp³-hybridized carbons (Fsp3) is 0.562. The van der Waals surface area contributed by atoms with E-state index in [9.17, 15) is 9.18 Å². The van der Waals surface area contributed by atoms with Gasteiger partial charge in [0.25, 0.3) is 5.91 Å². The molecule has 1 aliphatic heterocycles. The third-order valence-electron chi connectivity index (χ3n) is 3.55. The minimum atomic E-state index is -0.362. The van der Waals surface area contributed by atoms with Crippen LogP contribution in [0.5, 0.6) is 0 Å². The lowest BCUT2D eigenvalue weighted by Gasteiger charge is -2.27. The number of rotatable bonds is 5. The molecular formula is C16H23FN2O. The van der Waals surface area contributed by atoms with Crippen molar-refractivity contribution in [2.45, 2.75) is 32.7 Å². The van der Waals surface area contributed by atoms with Crippen LogP contribution in [0.1, 0.15) is 37.0 Å². The highest BCUT2D eigenvalue weighted by atomic mass is 19.1. The summed E-state index contributed by atoms with van der Waals surface area (Å²) in [7, 11) is 0. The molecule has 2 rings (SSSR count). The molecular weight excluding hydrogens is 255 g/mol. The van der Waals surface area contributed by atoms with Gasteiger partial charge >= 0.3 is 0 Å². The predicted octanol–water partition coefficient (Wildman–Crippen LogP) is 2.68. The second-order valence-corrected chi connectivity index (χ2v) is 5.91. The van der Waals surface area contributed by atoms with E-state index in [2.05, 4.69) is 19.2 Å². The second kappa shape index (κ2) is 6.84. The Labute approximate surface area is 120 Å². The Balaban J connectivity index is 2.10. The molecule has 1 unspecified atom stereocenters. The number of hydrogen-bond acceptors (Lipinski definition) is 2. The predicted molar refractivity (Wildman–Crippen MR) is 78.2 cm³/mol. The fourth-order valence-corrected chi connectivity index (χ4v) is 2.66. The van der Waals surface area contributed by atoms with Gasteiger partial charge in [0.15, 0.2) is 0 Å². The Morgan fingerprint density at radius 1 is 1.50 bits per heavy atom. The summed E-state index contributed by atoms with van der Waals surface area (Å²) in [5.41, 5.74) is 0.434. The van der Waals surface area contributed by atoms with Crippen LogP contribution in [0.3, 0.4) is 0 Å². The van der Waals surface area contributed by atoms with Gasteiger partial charge in [-0.05, 0) is 43.5 Å². The average molecular weight is 278 g/mol. The summed E-state index contributed by atoms with van der Waals surface area (Å²) >= 11 is 0. The van der Waals surface area contributed by atoms with Gasteiger partial charge in [0.2, 0.25) is 0 Å². The van der Waals surface area contributed by atoms with Crippen LogP contribution in [0, 0.1) is 11.7 Å². The van der Waals surface area contributed by atoms with Crippen LogP contribution in [0.25, 0.3) is 0 Å². The average Bonchev–Trinajstić information content (AvgIpc) is 2.89. The third-order valence-corrected chi connectivity index (χ3v) is 3.55. The van der Waals surface area contributed by atoms with E-state index >= 15 is 0 Å². The molecule has 1 heterocycles. The number of halogens is 1. The SMILES string of the molecule is CC(C)CN(CC1CCCN1)C(=O)c1cccc(F)c1. The van der Waals surface area contributed by atoms with Crippen LogP contribution in [-0.4, -0.2) is 36.5 Å². The van der Waals surface area contributed by atoms with E-state index in [1.807, 2.05) is 4.90 Å². The van der Waals surface area contributed by atoms with Crippen molar-refractivity contribution in [1.29, 1.82) is 0 Å². The molecule has 1 aliphatic rings. The van der Waals surface area contributed by atoms with E-state index in [0.29, 0.717) is 30.6 Å². The Bertz CT molecular complexity index is 456. The number of hydrogen-bond donors (Lipinski definition) is 1. The summed E-state index contributed by atoms with van der Waals surface area (Å²) in [5.74, 6) is -0.0415. The van der Waals surface area contributed by atoms with Crippen LogP contribution in [0.2, 0.25) is 0 Å². The molecule has 1 N–H and O–H groups in total. The summed E-state index contributed by atoms with van der Waals surface area (Å²) < 4.78 is 13.3. The zero-order valence-corrected chi connectivity index (χ0v) is 12.2. The molecule has 1 aromatic carbocycles. The van der Waals surface area contributed by atoms with Crippen molar-refractivity contribution in [1.82, 2.24) is 10.2 Å². The van der Waals surface area contributed by atoms with E-state index < -0.39 is 0 Å². The van der Waals surface area contributed by atoms with Gasteiger partial charge in [0.05, 0.1) is 0 Å². The van der Waals surface area contributed by atoms with Gasteiger partial charge in [0.1, 0.15) is 5.82 Å². The van der Waals surface area contributed by atoms with Crippen molar-refractivity contribution in [3.05, 3.63) is 35.6 Å². The molecule has 1 aromatic rings. The number of carbonyl (C=O) groups excluding carboxylic acids is 1. The monoisotopic (exact) mass is 278 g/mol. The lowest BCUT2D eigenvalue weighted by Crippen LogP contribution is -2.42. The molecule has 1 amide bonds. The number of nitrogens with one attached hydrogen (secondary N) is 1. The number of nitrogens with zero attached hydrogens (tertiary/aromatic N) is 1. The van der Waals surface area contributed by atoms with E-state index in [4.69, 9.17) is 0 Å². The molecule has 1 saturated heterocycles. The molecule has 3 nitrogen and oxygen atoms in total. The zero-order chi connectivity index (χ0) is 14.5. The first-order chi connectivity index (χ1) is 9.56. The summed E-state index contributed by atoms with van der Waals surface area (Å²) in [5, 5.41) is 3.41. The van der Waals surface area contributed by atoms with Crippen LogP contribution in [0.4, 0.5) is 4.39 Å². The van der Waals surface area contributed by atoms with Gasteiger partial charge in [0, 0.05) is 24.7 Å². The molecule has 0 radical (unpaired) electrons.